The second kappa shape index (κ2) is 10.6. The van der Waals surface area contributed by atoms with Crippen LogP contribution in [0.1, 0.15) is 6.92 Å². The molecule has 0 aliphatic carbocycles. The maximum Gasteiger partial charge on any atom is 0.239 e. The molecule has 1 saturated heterocycles. The molecule has 0 atom stereocenters. The summed E-state index contributed by atoms with van der Waals surface area (Å²) < 4.78 is 5.42. The fourth-order valence-electron chi connectivity index (χ4n) is 3.49. The third-order valence-corrected chi connectivity index (χ3v) is 5.16. The third kappa shape index (κ3) is 5.73. The van der Waals surface area contributed by atoms with Crippen LogP contribution in [-0.4, -0.2) is 55.3 Å². The summed E-state index contributed by atoms with van der Waals surface area (Å²) in [5.74, 6) is 0.515. The standard InChI is InChI=1S/C24H28N6O2/c1-2-25-23(31)17-27-19-5-3-18(4-6-19)22-11-12-26-24(29-22)28-20-7-9-21(10-8-20)30-13-15-32-16-14-30/h3-12,27H,2,13-17H2,1H3,(H,25,31)(H,26,28,29). The monoisotopic (exact) mass is 432 g/mol. The predicted molar refractivity (Wildman–Crippen MR) is 127 cm³/mol. The minimum Gasteiger partial charge on any atom is -0.378 e. The smallest absolute Gasteiger partial charge is 0.239 e. The van der Waals surface area contributed by atoms with Crippen molar-refractivity contribution in [1.29, 1.82) is 0 Å². The summed E-state index contributed by atoms with van der Waals surface area (Å²) in [6.45, 7) is 6.15. The molecule has 8 nitrogen and oxygen atoms in total. The van der Waals surface area contributed by atoms with E-state index in [2.05, 4.69) is 43.0 Å². The second-order valence-electron chi connectivity index (χ2n) is 7.42. The highest BCUT2D eigenvalue weighted by molar-refractivity contribution is 5.80. The summed E-state index contributed by atoms with van der Waals surface area (Å²) >= 11 is 0. The van der Waals surface area contributed by atoms with Crippen LogP contribution in [0.2, 0.25) is 0 Å². The van der Waals surface area contributed by atoms with Gasteiger partial charge in [-0.05, 0) is 49.4 Å². The molecule has 1 fully saturated rings. The van der Waals surface area contributed by atoms with Crippen LogP contribution < -0.4 is 20.9 Å². The van der Waals surface area contributed by atoms with Crippen molar-refractivity contribution in [2.75, 3.05) is 54.9 Å². The highest BCUT2D eigenvalue weighted by atomic mass is 16.5. The number of carbonyl (C=O) groups is 1. The maximum atomic E-state index is 11.6. The summed E-state index contributed by atoms with van der Waals surface area (Å²) in [5.41, 5.74) is 4.80. The molecule has 0 saturated carbocycles. The van der Waals surface area contributed by atoms with Gasteiger partial charge < -0.3 is 25.6 Å². The molecular weight excluding hydrogens is 404 g/mol. The largest absolute Gasteiger partial charge is 0.378 e. The van der Waals surface area contributed by atoms with E-state index in [1.165, 1.54) is 5.69 Å². The molecule has 3 aromatic rings. The second-order valence-corrected chi connectivity index (χ2v) is 7.42. The van der Waals surface area contributed by atoms with E-state index >= 15 is 0 Å². The number of amides is 1. The first-order valence-electron chi connectivity index (χ1n) is 10.8. The summed E-state index contributed by atoms with van der Waals surface area (Å²) in [6, 6.07) is 18.0. The van der Waals surface area contributed by atoms with Crippen LogP contribution in [0.15, 0.2) is 60.8 Å². The van der Waals surface area contributed by atoms with Gasteiger partial charge in [-0.3, -0.25) is 4.79 Å². The van der Waals surface area contributed by atoms with Crippen LogP contribution in [0.5, 0.6) is 0 Å². The van der Waals surface area contributed by atoms with Gasteiger partial charge in [0.2, 0.25) is 11.9 Å². The van der Waals surface area contributed by atoms with Crippen LogP contribution in [-0.2, 0) is 9.53 Å². The summed E-state index contributed by atoms with van der Waals surface area (Å²) in [7, 11) is 0. The number of aromatic nitrogens is 2. The minimum atomic E-state index is -0.0268. The average Bonchev–Trinajstić information content (AvgIpc) is 2.84. The van der Waals surface area contributed by atoms with Crippen molar-refractivity contribution >= 4 is 28.9 Å². The molecule has 1 aromatic heterocycles. The lowest BCUT2D eigenvalue weighted by atomic mass is 10.1. The van der Waals surface area contributed by atoms with Crippen LogP contribution in [0, 0.1) is 0 Å². The molecule has 2 heterocycles. The number of benzene rings is 2. The van der Waals surface area contributed by atoms with E-state index in [9.17, 15) is 4.79 Å². The molecule has 3 N–H and O–H groups in total. The van der Waals surface area contributed by atoms with Gasteiger partial charge in [0.05, 0.1) is 25.5 Å². The third-order valence-electron chi connectivity index (χ3n) is 5.16. The zero-order valence-corrected chi connectivity index (χ0v) is 18.2. The molecule has 0 radical (unpaired) electrons. The molecule has 4 rings (SSSR count). The van der Waals surface area contributed by atoms with Gasteiger partial charge in [-0.1, -0.05) is 12.1 Å². The van der Waals surface area contributed by atoms with Gasteiger partial charge in [-0.15, -0.1) is 0 Å². The number of likely N-dealkylation sites (N-methyl/N-ethyl adjacent to an activating group) is 1. The lowest BCUT2D eigenvalue weighted by molar-refractivity contribution is -0.119. The van der Waals surface area contributed by atoms with Gasteiger partial charge in [0.15, 0.2) is 0 Å². The number of morpholine rings is 1. The summed E-state index contributed by atoms with van der Waals surface area (Å²) in [6.07, 6.45) is 1.74. The molecule has 8 heteroatoms. The van der Waals surface area contributed by atoms with E-state index in [1.54, 1.807) is 6.20 Å². The Labute approximate surface area is 188 Å². The average molecular weight is 433 g/mol. The van der Waals surface area contributed by atoms with Crippen molar-refractivity contribution in [1.82, 2.24) is 15.3 Å². The zero-order chi connectivity index (χ0) is 22.2. The summed E-state index contributed by atoms with van der Waals surface area (Å²) in [5, 5.41) is 9.16. The van der Waals surface area contributed by atoms with Gasteiger partial charge >= 0.3 is 0 Å². The van der Waals surface area contributed by atoms with Crippen molar-refractivity contribution in [3.8, 4) is 11.3 Å². The lowest BCUT2D eigenvalue weighted by Crippen LogP contribution is -2.36. The van der Waals surface area contributed by atoms with Crippen LogP contribution in [0.25, 0.3) is 11.3 Å². The van der Waals surface area contributed by atoms with E-state index in [1.807, 2.05) is 49.4 Å². The van der Waals surface area contributed by atoms with Gasteiger partial charge in [-0.25, -0.2) is 9.97 Å². The quantitative estimate of drug-likeness (QED) is 0.503. The van der Waals surface area contributed by atoms with E-state index in [0.717, 1.165) is 48.9 Å². The van der Waals surface area contributed by atoms with E-state index < -0.39 is 0 Å². The number of carbonyl (C=O) groups excluding carboxylic acids is 1. The molecule has 0 bridgehead atoms. The predicted octanol–water partition coefficient (Wildman–Crippen LogP) is 3.27. The van der Waals surface area contributed by atoms with Crippen molar-refractivity contribution in [3.63, 3.8) is 0 Å². The van der Waals surface area contributed by atoms with Gasteiger partial charge in [0.1, 0.15) is 0 Å². The van der Waals surface area contributed by atoms with Gasteiger partial charge in [-0.2, -0.15) is 0 Å². The number of rotatable bonds is 8. The highest BCUT2D eigenvalue weighted by Crippen LogP contribution is 2.23. The van der Waals surface area contributed by atoms with Crippen LogP contribution in [0.3, 0.4) is 0 Å². The molecule has 166 valence electrons. The number of ether oxygens (including phenoxy) is 1. The van der Waals surface area contributed by atoms with Crippen molar-refractivity contribution in [2.45, 2.75) is 6.92 Å². The molecular formula is C24H28N6O2. The van der Waals surface area contributed by atoms with E-state index in [4.69, 9.17) is 4.74 Å². The molecule has 0 spiro atoms. The molecule has 1 aliphatic heterocycles. The van der Waals surface area contributed by atoms with Gasteiger partial charge in [0.25, 0.3) is 0 Å². The highest BCUT2D eigenvalue weighted by Gasteiger charge is 2.11. The Kier molecular flexibility index (Phi) is 7.14. The van der Waals surface area contributed by atoms with E-state index in [-0.39, 0.29) is 12.5 Å². The first kappa shape index (κ1) is 21.6. The topological polar surface area (TPSA) is 91.4 Å². The van der Waals surface area contributed by atoms with Crippen molar-refractivity contribution in [3.05, 3.63) is 60.8 Å². The maximum absolute atomic E-state index is 11.6. The van der Waals surface area contributed by atoms with Crippen molar-refractivity contribution < 1.29 is 9.53 Å². The Hall–Kier alpha value is -3.65. The Morgan fingerprint density at radius 1 is 1.00 bits per heavy atom. The lowest BCUT2D eigenvalue weighted by Gasteiger charge is -2.28. The first-order chi connectivity index (χ1) is 15.7. The number of hydrogen-bond donors (Lipinski definition) is 3. The van der Waals surface area contributed by atoms with E-state index in [0.29, 0.717) is 12.5 Å². The molecule has 1 amide bonds. The molecule has 2 aromatic carbocycles. The normalized spacial score (nSPS) is 13.5. The van der Waals surface area contributed by atoms with Crippen molar-refractivity contribution in [2.24, 2.45) is 0 Å². The summed E-state index contributed by atoms with van der Waals surface area (Å²) in [4.78, 5) is 22.9. The number of nitrogens with one attached hydrogen (secondary N) is 3. The number of nitrogens with zero attached hydrogens (tertiary/aromatic N) is 3. The SMILES string of the molecule is CCNC(=O)CNc1ccc(-c2ccnc(Nc3ccc(N4CCOCC4)cc3)n2)cc1. The first-order valence-corrected chi connectivity index (χ1v) is 10.8. The number of hydrogen-bond acceptors (Lipinski definition) is 7. The Morgan fingerprint density at radius 2 is 1.72 bits per heavy atom. The van der Waals surface area contributed by atoms with Crippen LogP contribution in [0.4, 0.5) is 23.0 Å². The van der Waals surface area contributed by atoms with Gasteiger partial charge in [0, 0.05) is 48.5 Å². The van der Waals surface area contributed by atoms with Crippen LogP contribution >= 0.6 is 0 Å². The molecule has 0 unspecified atom stereocenters. The fourth-order valence-corrected chi connectivity index (χ4v) is 3.49. The zero-order valence-electron chi connectivity index (χ0n) is 18.2. The Morgan fingerprint density at radius 3 is 2.44 bits per heavy atom. The molecule has 1 aliphatic rings. The minimum absolute atomic E-state index is 0.0268. The Bertz CT molecular complexity index is 1020. The molecule has 32 heavy (non-hydrogen) atoms. The number of anilines is 4. The Balaban J connectivity index is 1.38. The fraction of sp³-hybridized carbons (Fsp3) is 0.292.